The van der Waals surface area contributed by atoms with Crippen LogP contribution >= 0.6 is 11.6 Å². The number of hydrogen-bond acceptors (Lipinski definition) is 5. The van der Waals surface area contributed by atoms with Gasteiger partial charge in [0.25, 0.3) is 15.9 Å². The lowest BCUT2D eigenvalue weighted by Crippen LogP contribution is -2.16. The Kier molecular flexibility index (Phi) is 7.48. The van der Waals surface area contributed by atoms with Gasteiger partial charge in [-0.15, -0.1) is 0 Å². The Balaban J connectivity index is 1.47. The lowest BCUT2D eigenvalue weighted by atomic mass is 10.1. The summed E-state index contributed by atoms with van der Waals surface area (Å²) in [6.45, 7) is 3.65. The normalized spacial score (nSPS) is 11.6. The number of nitrogens with zero attached hydrogens (tertiary/aromatic N) is 1. The third-order valence-electron chi connectivity index (χ3n) is 5.55. The zero-order chi connectivity index (χ0) is 26.6. The van der Waals surface area contributed by atoms with Crippen LogP contribution in [0.25, 0.3) is 17.4 Å². The van der Waals surface area contributed by atoms with Crippen LogP contribution in [0.3, 0.4) is 0 Å². The van der Waals surface area contributed by atoms with E-state index < -0.39 is 15.9 Å². The van der Waals surface area contributed by atoms with Crippen LogP contribution in [0.1, 0.15) is 16.9 Å². The van der Waals surface area contributed by atoms with E-state index in [2.05, 4.69) is 10.0 Å². The quantitative estimate of drug-likeness (QED) is 0.207. The maximum absolute atomic E-state index is 12.9. The molecule has 0 aliphatic carbocycles. The number of furan rings is 1. The van der Waals surface area contributed by atoms with Gasteiger partial charge in [0.15, 0.2) is 0 Å². The van der Waals surface area contributed by atoms with Gasteiger partial charge < -0.3 is 9.73 Å². The Morgan fingerprint density at radius 1 is 0.946 bits per heavy atom. The average molecular weight is 532 g/mol. The van der Waals surface area contributed by atoms with E-state index in [1.54, 1.807) is 36.4 Å². The molecule has 186 valence electrons. The van der Waals surface area contributed by atoms with Crippen molar-refractivity contribution in [3.63, 3.8) is 0 Å². The number of nitriles is 1. The van der Waals surface area contributed by atoms with Crippen LogP contribution in [0.4, 0.5) is 11.4 Å². The SMILES string of the molecule is Cc1cccc(C)c1NS(=O)(=O)c1ccc(NC(=O)C(C#N)=Cc2ccc(-c3ccc(Cl)cc3)o2)cc1. The molecule has 4 rings (SSSR count). The van der Waals surface area contributed by atoms with E-state index in [1.807, 2.05) is 38.1 Å². The molecule has 3 aromatic carbocycles. The molecular weight excluding hydrogens is 510 g/mol. The summed E-state index contributed by atoms with van der Waals surface area (Å²) < 4.78 is 34.1. The summed E-state index contributed by atoms with van der Waals surface area (Å²) in [4.78, 5) is 12.7. The molecule has 0 spiro atoms. The first-order valence-corrected chi connectivity index (χ1v) is 13.0. The molecule has 7 nitrogen and oxygen atoms in total. The molecule has 0 saturated heterocycles. The number of hydrogen-bond donors (Lipinski definition) is 2. The van der Waals surface area contributed by atoms with Gasteiger partial charge >= 0.3 is 0 Å². The van der Waals surface area contributed by atoms with Crippen molar-refractivity contribution in [2.24, 2.45) is 0 Å². The van der Waals surface area contributed by atoms with Gasteiger partial charge in [0.1, 0.15) is 23.2 Å². The number of benzene rings is 3. The molecule has 1 amide bonds. The van der Waals surface area contributed by atoms with E-state index >= 15 is 0 Å². The van der Waals surface area contributed by atoms with Crippen LogP contribution in [-0.4, -0.2) is 14.3 Å². The summed E-state index contributed by atoms with van der Waals surface area (Å²) in [5.74, 6) is 0.235. The second-order valence-electron chi connectivity index (χ2n) is 8.23. The van der Waals surface area contributed by atoms with Crippen molar-refractivity contribution < 1.29 is 17.6 Å². The monoisotopic (exact) mass is 531 g/mol. The fourth-order valence-corrected chi connectivity index (χ4v) is 4.90. The first-order chi connectivity index (χ1) is 17.7. The highest BCUT2D eigenvalue weighted by Crippen LogP contribution is 2.26. The lowest BCUT2D eigenvalue weighted by molar-refractivity contribution is -0.112. The van der Waals surface area contributed by atoms with E-state index in [-0.39, 0.29) is 10.5 Å². The molecule has 0 radical (unpaired) electrons. The minimum Gasteiger partial charge on any atom is -0.457 e. The first kappa shape index (κ1) is 25.8. The van der Waals surface area contributed by atoms with Gasteiger partial charge in [-0.3, -0.25) is 9.52 Å². The van der Waals surface area contributed by atoms with Crippen molar-refractivity contribution in [3.05, 3.63) is 106 Å². The van der Waals surface area contributed by atoms with Crippen LogP contribution in [0.5, 0.6) is 0 Å². The Labute approximate surface area is 220 Å². The van der Waals surface area contributed by atoms with Crippen molar-refractivity contribution in [2.45, 2.75) is 18.7 Å². The van der Waals surface area contributed by atoms with Crippen LogP contribution in [-0.2, 0) is 14.8 Å². The van der Waals surface area contributed by atoms with E-state index in [0.717, 1.165) is 16.7 Å². The number of halogens is 1. The van der Waals surface area contributed by atoms with Crippen LogP contribution in [0.15, 0.2) is 93.7 Å². The Hall–Kier alpha value is -4.32. The predicted octanol–water partition coefficient (Wildman–Crippen LogP) is 6.56. The molecule has 0 unspecified atom stereocenters. The number of carbonyl (C=O) groups is 1. The average Bonchev–Trinajstić information content (AvgIpc) is 3.34. The minimum atomic E-state index is -3.83. The van der Waals surface area contributed by atoms with Crippen molar-refractivity contribution in [2.75, 3.05) is 10.0 Å². The highest BCUT2D eigenvalue weighted by Gasteiger charge is 2.17. The van der Waals surface area contributed by atoms with Crippen LogP contribution in [0, 0.1) is 25.2 Å². The van der Waals surface area contributed by atoms with E-state index in [1.165, 1.54) is 30.3 Å². The van der Waals surface area contributed by atoms with Crippen molar-refractivity contribution in [1.82, 2.24) is 0 Å². The smallest absolute Gasteiger partial charge is 0.266 e. The zero-order valence-electron chi connectivity index (χ0n) is 19.9. The van der Waals surface area contributed by atoms with Gasteiger partial charge in [-0.25, -0.2) is 8.42 Å². The summed E-state index contributed by atoms with van der Waals surface area (Å²) in [5.41, 5.74) is 3.10. The van der Waals surface area contributed by atoms with Gasteiger partial charge in [-0.1, -0.05) is 29.8 Å². The number of carbonyl (C=O) groups excluding carboxylic acids is 1. The number of amides is 1. The standard InChI is InChI=1S/C28H22ClN3O4S/c1-18-4-3-5-19(2)27(18)32-37(34,35)25-13-10-23(11-14-25)31-28(33)21(17-30)16-24-12-15-26(36-24)20-6-8-22(29)9-7-20/h3-16,32H,1-2H3,(H,31,33). The first-order valence-electron chi connectivity index (χ1n) is 11.1. The summed E-state index contributed by atoms with van der Waals surface area (Å²) in [6, 6.07) is 23.5. The number of sulfonamides is 1. The maximum atomic E-state index is 12.9. The minimum absolute atomic E-state index is 0.0366. The highest BCUT2D eigenvalue weighted by atomic mass is 35.5. The molecule has 0 bridgehead atoms. The largest absolute Gasteiger partial charge is 0.457 e. The zero-order valence-corrected chi connectivity index (χ0v) is 21.5. The van der Waals surface area contributed by atoms with E-state index in [4.69, 9.17) is 16.0 Å². The number of para-hydroxylation sites is 1. The fourth-order valence-electron chi connectivity index (χ4n) is 3.58. The summed E-state index contributed by atoms with van der Waals surface area (Å²) >= 11 is 5.91. The van der Waals surface area contributed by atoms with Gasteiger partial charge in [0, 0.05) is 22.3 Å². The van der Waals surface area contributed by atoms with Gasteiger partial charge in [0.05, 0.1) is 10.6 Å². The molecule has 0 atom stereocenters. The van der Waals surface area contributed by atoms with E-state index in [0.29, 0.717) is 27.9 Å². The Morgan fingerprint density at radius 2 is 1.59 bits per heavy atom. The maximum Gasteiger partial charge on any atom is 0.266 e. The highest BCUT2D eigenvalue weighted by molar-refractivity contribution is 7.92. The lowest BCUT2D eigenvalue weighted by Gasteiger charge is -2.13. The number of anilines is 2. The summed E-state index contributed by atoms with van der Waals surface area (Å²) in [5, 5.41) is 12.7. The molecule has 37 heavy (non-hydrogen) atoms. The van der Waals surface area contributed by atoms with Crippen LogP contribution in [0.2, 0.25) is 5.02 Å². The second-order valence-corrected chi connectivity index (χ2v) is 10.3. The number of nitrogens with one attached hydrogen (secondary N) is 2. The van der Waals surface area contributed by atoms with Gasteiger partial charge in [-0.05, 0) is 85.6 Å². The molecule has 2 N–H and O–H groups in total. The molecule has 1 heterocycles. The molecular formula is C28H22ClN3O4S. The van der Waals surface area contributed by atoms with Crippen molar-refractivity contribution >= 4 is 45.0 Å². The molecule has 0 aliphatic heterocycles. The molecule has 0 aliphatic rings. The third-order valence-corrected chi connectivity index (χ3v) is 7.16. The predicted molar refractivity (Wildman–Crippen MR) is 145 cm³/mol. The molecule has 4 aromatic rings. The molecule has 1 aromatic heterocycles. The summed E-state index contributed by atoms with van der Waals surface area (Å²) in [7, 11) is -3.83. The third kappa shape index (κ3) is 6.09. The topological polar surface area (TPSA) is 112 Å². The molecule has 0 fully saturated rings. The molecule has 9 heteroatoms. The fraction of sp³-hybridized carbons (Fsp3) is 0.0714. The van der Waals surface area contributed by atoms with Crippen molar-refractivity contribution in [1.29, 1.82) is 5.26 Å². The molecule has 0 saturated carbocycles. The number of rotatable bonds is 7. The van der Waals surface area contributed by atoms with E-state index in [9.17, 15) is 18.5 Å². The Bertz CT molecular complexity index is 1610. The van der Waals surface area contributed by atoms with Crippen molar-refractivity contribution in [3.8, 4) is 17.4 Å². The van der Waals surface area contributed by atoms with Crippen LogP contribution < -0.4 is 10.0 Å². The Morgan fingerprint density at radius 3 is 2.22 bits per heavy atom. The summed E-state index contributed by atoms with van der Waals surface area (Å²) in [6.07, 6.45) is 1.34. The number of aryl methyl sites for hydroxylation is 2. The second kappa shape index (κ2) is 10.7. The van der Waals surface area contributed by atoms with Gasteiger partial charge in [0.2, 0.25) is 0 Å². The van der Waals surface area contributed by atoms with Gasteiger partial charge in [-0.2, -0.15) is 5.26 Å².